The Kier molecular flexibility index (Phi) is 8.18. The molecule has 0 radical (unpaired) electrons. The number of hydrogen-bond acceptors (Lipinski definition) is 4. The lowest BCUT2D eigenvalue weighted by atomic mass is 9.75. The molecule has 1 aromatic rings. The Bertz CT molecular complexity index is 693. The van der Waals surface area contributed by atoms with Crippen LogP contribution in [0.25, 0.3) is 5.57 Å². The van der Waals surface area contributed by atoms with Crippen molar-refractivity contribution in [3.8, 4) is 0 Å². The highest BCUT2D eigenvalue weighted by atomic mass is 35.5. The maximum absolute atomic E-state index is 12.7. The molecule has 0 bridgehead atoms. The summed E-state index contributed by atoms with van der Waals surface area (Å²) >= 11 is 11.6. The Morgan fingerprint density at radius 2 is 1.74 bits per heavy atom. The molecule has 0 aliphatic heterocycles. The second-order valence-corrected chi connectivity index (χ2v) is 8.36. The van der Waals surface area contributed by atoms with E-state index in [1.165, 1.54) is 0 Å². The van der Waals surface area contributed by atoms with Crippen LogP contribution in [0.2, 0.25) is 5.02 Å². The van der Waals surface area contributed by atoms with Crippen molar-refractivity contribution in [1.82, 2.24) is 0 Å². The van der Waals surface area contributed by atoms with Crippen molar-refractivity contribution < 1.29 is 19.1 Å². The Morgan fingerprint density at radius 1 is 1.07 bits per heavy atom. The first-order chi connectivity index (χ1) is 12.8. The van der Waals surface area contributed by atoms with Gasteiger partial charge in [0.1, 0.15) is 5.76 Å². The van der Waals surface area contributed by atoms with Gasteiger partial charge in [0.05, 0.1) is 12.2 Å². The minimum Gasteiger partial charge on any atom is -0.434 e. The van der Waals surface area contributed by atoms with Crippen molar-refractivity contribution in [3.05, 3.63) is 40.6 Å². The number of unbranched alkanes of at least 4 members (excludes halogenated alkanes) is 3. The van der Waals surface area contributed by atoms with Crippen LogP contribution in [-0.2, 0) is 14.3 Å². The first-order valence-corrected chi connectivity index (χ1v) is 10.2. The van der Waals surface area contributed by atoms with E-state index in [1.54, 1.807) is 24.3 Å². The van der Waals surface area contributed by atoms with Crippen LogP contribution in [0.5, 0.6) is 0 Å². The van der Waals surface area contributed by atoms with Gasteiger partial charge in [0.25, 0.3) is 0 Å². The van der Waals surface area contributed by atoms with E-state index in [-0.39, 0.29) is 11.2 Å². The molecular formula is C21H26Cl2O4. The molecule has 6 heteroatoms. The number of Topliss-reactive ketones (excluding diaryl/α,β-unsaturated/α-hetero) is 1. The van der Waals surface area contributed by atoms with Crippen LogP contribution in [0, 0.1) is 5.41 Å². The van der Waals surface area contributed by atoms with Crippen LogP contribution in [0.4, 0.5) is 4.79 Å². The summed E-state index contributed by atoms with van der Waals surface area (Å²) in [5.41, 5.74) is 0.860. The minimum absolute atomic E-state index is 0.0440. The van der Waals surface area contributed by atoms with Gasteiger partial charge >= 0.3 is 6.16 Å². The summed E-state index contributed by atoms with van der Waals surface area (Å²) in [6, 6.07) is 6.96. The molecule has 0 N–H and O–H groups in total. The first kappa shape index (κ1) is 21.8. The highest BCUT2D eigenvalue weighted by molar-refractivity contribution is 6.30. The van der Waals surface area contributed by atoms with Crippen molar-refractivity contribution in [1.29, 1.82) is 0 Å². The highest BCUT2D eigenvalue weighted by Gasteiger charge is 2.35. The third-order valence-corrected chi connectivity index (χ3v) is 4.94. The lowest BCUT2D eigenvalue weighted by Gasteiger charge is -2.31. The average molecular weight is 413 g/mol. The lowest BCUT2D eigenvalue weighted by molar-refractivity contribution is -0.116. The van der Waals surface area contributed by atoms with Gasteiger partial charge in [0, 0.05) is 23.7 Å². The van der Waals surface area contributed by atoms with Gasteiger partial charge in [-0.05, 0) is 36.0 Å². The smallest absolute Gasteiger partial charge is 0.434 e. The van der Waals surface area contributed by atoms with Crippen molar-refractivity contribution in [2.75, 3.05) is 12.5 Å². The van der Waals surface area contributed by atoms with Gasteiger partial charge in [0.2, 0.25) is 0 Å². The van der Waals surface area contributed by atoms with Crippen LogP contribution in [-0.4, -0.2) is 24.4 Å². The van der Waals surface area contributed by atoms with Crippen molar-refractivity contribution in [3.63, 3.8) is 0 Å². The van der Waals surface area contributed by atoms with E-state index in [0.29, 0.717) is 47.2 Å². The molecule has 0 unspecified atom stereocenters. The largest absolute Gasteiger partial charge is 0.513 e. The number of carbonyl (C=O) groups is 2. The number of ether oxygens (including phenoxy) is 2. The summed E-state index contributed by atoms with van der Waals surface area (Å²) in [7, 11) is 0. The number of halogens is 2. The fraction of sp³-hybridized carbons (Fsp3) is 0.524. The van der Waals surface area contributed by atoms with Crippen molar-refractivity contribution in [2.45, 2.75) is 52.4 Å². The van der Waals surface area contributed by atoms with Crippen molar-refractivity contribution in [2.24, 2.45) is 5.41 Å². The molecular weight excluding hydrogens is 387 g/mol. The Labute approximate surface area is 170 Å². The standard InChI is InChI=1S/C21H26Cl2O4/c1-21(2)13-17(24)19(15-7-9-16(23)10-8-15)18(14-21)27-20(25)26-12-6-4-3-5-11-22/h7-10H,3-6,11-14H2,1-2H3. The van der Waals surface area contributed by atoms with Crippen molar-refractivity contribution >= 4 is 40.7 Å². The summed E-state index contributed by atoms with van der Waals surface area (Å²) in [5.74, 6) is 0.970. The summed E-state index contributed by atoms with van der Waals surface area (Å²) in [6.07, 6.45) is 3.80. The third-order valence-electron chi connectivity index (χ3n) is 4.42. The zero-order valence-corrected chi connectivity index (χ0v) is 17.4. The molecule has 0 heterocycles. The topological polar surface area (TPSA) is 52.6 Å². The molecule has 0 saturated carbocycles. The SMILES string of the molecule is CC1(C)CC(=O)C(c2ccc(Cl)cc2)=C(OC(=O)OCCCCCCCl)C1. The zero-order valence-electron chi connectivity index (χ0n) is 15.9. The maximum Gasteiger partial charge on any atom is 0.513 e. The van der Waals surface area contributed by atoms with E-state index in [4.69, 9.17) is 32.7 Å². The molecule has 0 saturated heterocycles. The number of ketones is 1. The lowest BCUT2D eigenvalue weighted by Crippen LogP contribution is -2.27. The van der Waals surface area contributed by atoms with E-state index in [9.17, 15) is 9.59 Å². The zero-order chi connectivity index (χ0) is 19.9. The number of alkyl halides is 1. The van der Waals surface area contributed by atoms with Gasteiger partial charge in [-0.1, -0.05) is 50.4 Å². The first-order valence-electron chi connectivity index (χ1n) is 9.25. The van der Waals surface area contributed by atoms with Crippen LogP contribution in [0.1, 0.15) is 57.9 Å². The van der Waals surface area contributed by atoms with Crippen LogP contribution in [0.15, 0.2) is 30.0 Å². The second kappa shape index (κ2) is 10.1. The molecule has 1 aromatic carbocycles. The molecule has 0 fully saturated rings. The van der Waals surface area contributed by atoms with Gasteiger partial charge in [0.15, 0.2) is 5.78 Å². The summed E-state index contributed by atoms with van der Waals surface area (Å²) in [4.78, 5) is 24.8. The molecule has 2 rings (SSSR count). The molecule has 27 heavy (non-hydrogen) atoms. The predicted molar refractivity (Wildman–Crippen MR) is 108 cm³/mol. The normalized spacial score (nSPS) is 16.4. The Balaban J connectivity index is 2.08. The van der Waals surface area contributed by atoms with E-state index in [0.717, 1.165) is 25.7 Å². The third kappa shape index (κ3) is 6.86. The van der Waals surface area contributed by atoms with Gasteiger partial charge < -0.3 is 9.47 Å². The molecule has 1 aliphatic carbocycles. The van der Waals surface area contributed by atoms with Gasteiger partial charge in [-0.2, -0.15) is 0 Å². The Hall–Kier alpha value is -1.52. The van der Waals surface area contributed by atoms with Gasteiger partial charge in [-0.25, -0.2) is 4.79 Å². The second-order valence-electron chi connectivity index (χ2n) is 7.55. The molecule has 1 aliphatic rings. The number of benzene rings is 1. The molecule has 0 amide bonds. The summed E-state index contributed by atoms with van der Waals surface area (Å²) in [5, 5.41) is 0.582. The highest BCUT2D eigenvalue weighted by Crippen LogP contribution is 2.41. The summed E-state index contributed by atoms with van der Waals surface area (Å²) < 4.78 is 10.6. The molecule has 0 atom stereocenters. The number of carbonyl (C=O) groups excluding carboxylic acids is 2. The summed E-state index contributed by atoms with van der Waals surface area (Å²) in [6.45, 7) is 4.26. The number of rotatable bonds is 8. The van der Waals surface area contributed by atoms with E-state index >= 15 is 0 Å². The fourth-order valence-corrected chi connectivity index (χ4v) is 3.44. The Morgan fingerprint density at radius 3 is 2.41 bits per heavy atom. The molecule has 148 valence electrons. The minimum atomic E-state index is -0.765. The quantitative estimate of drug-likeness (QED) is 0.281. The van der Waals surface area contributed by atoms with E-state index in [2.05, 4.69) is 0 Å². The van der Waals surface area contributed by atoms with Gasteiger partial charge in [-0.3, -0.25) is 4.79 Å². The fourth-order valence-electron chi connectivity index (χ4n) is 3.13. The monoisotopic (exact) mass is 412 g/mol. The number of hydrogen-bond donors (Lipinski definition) is 0. The molecule has 0 aromatic heterocycles. The molecule has 4 nitrogen and oxygen atoms in total. The predicted octanol–water partition coefficient (Wildman–Crippen LogP) is 6.39. The van der Waals surface area contributed by atoms with E-state index < -0.39 is 6.16 Å². The van der Waals surface area contributed by atoms with Crippen LogP contribution in [0.3, 0.4) is 0 Å². The van der Waals surface area contributed by atoms with Crippen LogP contribution >= 0.6 is 23.2 Å². The number of allylic oxidation sites excluding steroid dienone is 2. The van der Waals surface area contributed by atoms with Gasteiger partial charge in [-0.15, -0.1) is 11.6 Å². The average Bonchev–Trinajstić information content (AvgIpc) is 2.58. The maximum atomic E-state index is 12.7. The van der Waals surface area contributed by atoms with E-state index in [1.807, 2.05) is 13.8 Å². The van der Waals surface area contributed by atoms with Crippen LogP contribution < -0.4 is 0 Å². The molecule has 0 spiro atoms.